The smallest absolute Gasteiger partial charge is 0.143 e. The van der Waals surface area contributed by atoms with Crippen molar-refractivity contribution in [1.82, 2.24) is 4.98 Å². The highest BCUT2D eigenvalue weighted by molar-refractivity contribution is 6.11. The van der Waals surface area contributed by atoms with Gasteiger partial charge in [-0.3, -0.25) is 4.98 Å². The van der Waals surface area contributed by atoms with Gasteiger partial charge in [0.1, 0.15) is 22.3 Å². The Bertz CT molecular complexity index is 1970. The first-order chi connectivity index (χ1) is 18.8. The third-order valence-electron chi connectivity index (χ3n) is 8.34. The Labute approximate surface area is 220 Å². The van der Waals surface area contributed by atoms with Crippen LogP contribution in [0, 0.1) is 0 Å². The Hall–Kier alpha value is -4.37. The van der Waals surface area contributed by atoms with Crippen molar-refractivity contribution < 1.29 is 8.83 Å². The number of benzene rings is 4. The highest BCUT2D eigenvalue weighted by Gasteiger charge is 2.18. The standard InChI is InChI=1S/C35H27NO2/c1-2-7-22(8-3-1)23-17-18-36-31(19-23)25-14-16-29-30-11-6-10-26(35(30)38-34(29)21-25)24-13-15-28-27-9-4-5-12-32(27)37-33(28)20-24/h4-6,9-22H,1-3,7-8H2. The molecule has 1 aliphatic carbocycles. The summed E-state index contributed by atoms with van der Waals surface area (Å²) in [6, 6.07) is 32.0. The van der Waals surface area contributed by atoms with Crippen molar-refractivity contribution >= 4 is 43.9 Å². The maximum Gasteiger partial charge on any atom is 0.143 e. The van der Waals surface area contributed by atoms with Gasteiger partial charge >= 0.3 is 0 Å². The average Bonchev–Trinajstić information content (AvgIpc) is 3.55. The summed E-state index contributed by atoms with van der Waals surface area (Å²) in [7, 11) is 0. The van der Waals surface area contributed by atoms with Crippen LogP contribution in [0.4, 0.5) is 0 Å². The highest BCUT2D eigenvalue weighted by atomic mass is 16.3. The Morgan fingerprint density at radius 2 is 1.32 bits per heavy atom. The molecular formula is C35H27NO2. The minimum absolute atomic E-state index is 0.659. The van der Waals surface area contributed by atoms with Gasteiger partial charge in [0.25, 0.3) is 0 Å². The van der Waals surface area contributed by atoms with E-state index in [4.69, 9.17) is 13.8 Å². The molecule has 3 nitrogen and oxygen atoms in total. The predicted molar refractivity (Wildman–Crippen MR) is 155 cm³/mol. The molecule has 3 aromatic heterocycles. The first kappa shape index (κ1) is 21.7. The van der Waals surface area contributed by atoms with Crippen LogP contribution >= 0.6 is 0 Å². The number of furan rings is 2. The van der Waals surface area contributed by atoms with Gasteiger partial charge in [0.2, 0.25) is 0 Å². The van der Waals surface area contributed by atoms with E-state index in [0.717, 1.165) is 66.3 Å². The summed E-state index contributed by atoms with van der Waals surface area (Å²) in [6.45, 7) is 0. The summed E-state index contributed by atoms with van der Waals surface area (Å²) in [5.41, 5.74) is 9.29. The topological polar surface area (TPSA) is 39.2 Å². The molecule has 7 aromatic rings. The molecule has 0 spiro atoms. The quantitative estimate of drug-likeness (QED) is 0.246. The molecule has 0 bridgehead atoms. The largest absolute Gasteiger partial charge is 0.456 e. The zero-order chi connectivity index (χ0) is 25.1. The number of para-hydroxylation sites is 2. The van der Waals surface area contributed by atoms with Gasteiger partial charge in [-0.15, -0.1) is 0 Å². The summed E-state index contributed by atoms with van der Waals surface area (Å²) >= 11 is 0. The van der Waals surface area contributed by atoms with Crippen molar-refractivity contribution in [3.05, 3.63) is 103 Å². The van der Waals surface area contributed by atoms with Crippen molar-refractivity contribution in [3.8, 4) is 22.4 Å². The minimum Gasteiger partial charge on any atom is -0.456 e. The molecule has 0 atom stereocenters. The molecule has 1 aliphatic rings. The third kappa shape index (κ3) is 3.46. The van der Waals surface area contributed by atoms with E-state index in [0.29, 0.717) is 5.92 Å². The average molecular weight is 494 g/mol. The maximum absolute atomic E-state index is 6.56. The molecule has 1 saturated carbocycles. The van der Waals surface area contributed by atoms with E-state index in [-0.39, 0.29) is 0 Å². The Morgan fingerprint density at radius 1 is 0.579 bits per heavy atom. The van der Waals surface area contributed by atoms with Gasteiger partial charge in [-0.25, -0.2) is 0 Å². The molecule has 0 radical (unpaired) electrons. The number of hydrogen-bond acceptors (Lipinski definition) is 3. The van der Waals surface area contributed by atoms with Crippen LogP contribution in [0.15, 0.2) is 106 Å². The Kier molecular flexibility index (Phi) is 4.91. The molecule has 0 aliphatic heterocycles. The number of hydrogen-bond donors (Lipinski definition) is 0. The van der Waals surface area contributed by atoms with E-state index in [2.05, 4.69) is 78.9 Å². The normalized spacial score (nSPS) is 14.7. The number of pyridine rings is 1. The highest BCUT2D eigenvalue weighted by Crippen LogP contribution is 2.40. The fourth-order valence-electron chi connectivity index (χ4n) is 6.37. The van der Waals surface area contributed by atoms with Crippen molar-refractivity contribution in [2.24, 2.45) is 0 Å². The van der Waals surface area contributed by atoms with Crippen LogP contribution in [0.25, 0.3) is 66.3 Å². The zero-order valence-corrected chi connectivity index (χ0v) is 21.1. The lowest BCUT2D eigenvalue weighted by Crippen LogP contribution is -2.04. The van der Waals surface area contributed by atoms with E-state index >= 15 is 0 Å². The SMILES string of the molecule is c1ccc2c(c1)oc1cc(-c3cccc4c3oc3cc(-c5cc(C6CCCCC6)ccn5)ccc34)ccc12. The van der Waals surface area contributed by atoms with Crippen LogP contribution in [0.2, 0.25) is 0 Å². The van der Waals surface area contributed by atoms with Gasteiger partial charge < -0.3 is 8.83 Å². The summed E-state index contributed by atoms with van der Waals surface area (Å²) < 4.78 is 12.7. The molecular weight excluding hydrogens is 466 g/mol. The number of nitrogens with zero attached hydrogens (tertiary/aromatic N) is 1. The summed E-state index contributed by atoms with van der Waals surface area (Å²) in [5.74, 6) is 0.659. The van der Waals surface area contributed by atoms with E-state index < -0.39 is 0 Å². The zero-order valence-electron chi connectivity index (χ0n) is 21.1. The van der Waals surface area contributed by atoms with E-state index in [1.54, 1.807) is 0 Å². The minimum atomic E-state index is 0.659. The third-order valence-corrected chi connectivity index (χ3v) is 8.34. The van der Waals surface area contributed by atoms with E-state index in [9.17, 15) is 0 Å². The van der Waals surface area contributed by atoms with Crippen LogP contribution in [-0.2, 0) is 0 Å². The van der Waals surface area contributed by atoms with Crippen LogP contribution in [0.5, 0.6) is 0 Å². The predicted octanol–water partition coefficient (Wildman–Crippen LogP) is 10.3. The lowest BCUT2D eigenvalue weighted by molar-refractivity contribution is 0.443. The number of aromatic nitrogens is 1. The molecule has 3 heteroatoms. The first-order valence-corrected chi connectivity index (χ1v) is 13.7. The molecule has 0 N–H and O–H groups in total. The van der Waals surface area contributed by atoms with Crippen molar-refractivity contribution in [2.45, 2.75) is 38.0 Å². The fraction of sp³-hybridized carbons (Fsp3) is 0.171. The van der Waals surface area contributed by atoms with Crippen LogP contribution < -0.4 is 0 Å². The van der Waals surface area contributed by atoms with Crippen molar-refractivity contribution in [2.75, 3.05) is 0 Å². The second kappa shape index (κ2) is 8.59. The molecule has 1 fully saturated rings. The monoisotopic (exact) mass is 493 g/mol. The van der Waals surface area contributed by atoms with Gasteiger partial charge in [0.15, 0.2) is 0 Å². The maximum atomic E-state index is 6.56. The number of fused-ring (bicyclic) bond motifs is 6. The van der Waals surface area contributed by atoms with Crippen molar-refractivity contribution in [3.63, 3.8) is 0 Å². The Morgan fingerprint density at radius 3 is 2.24 bits per heavy atom. The number of rotatable bonds is 3. The lowest BCUT2D eigenvalue weighted by atomic mass is 9.84. The lowest BCUT2D eigenvalue weighted by Gasteiger charge is -2.22. The second-order valence-corrected chi connectivity index (χ2v) is 10.6. The fourth-order valence-corrected chi connectivity index (χ4v) is 6.37. The summed E-state index contributed by atoms with van der Waals surface area (Å²) in [4.78, 5) is 4.73. The van der Waals surface area contributed by atoms with Gasteiger partial charge in [-0.05, 0) is 72.4 Å². The molecule has 184 valence electrons. The van der Waals surface area contributed by atoms with E-state index in [1.807, 2.05) is 18.3 Å². The van der Waals surface area contributed by atoms with Crippen LogP contribution in [0.1, 0.15) is 43.6 Å². The molecule has 0 amide bonds. The second-order valence-electron chi connectivity index (χ2n) is 10.6. The first-order valence-electron chi connectivity index (χ1n) is 13.7. The molecule has 3 heterocycles. The molecule has 0 saturated heterocycles. The molecule has 0 unspecified atom stereocenters. The summed E-state index contributed by atoms with van der Waals surface area (Å²) in [6.07, 6.45) is 8.57. The van der Waals surface area contributed by atoms with Crippen LogP contribution in [-0.4, -0.2) is 4.98 Å². The van der Waals surface area contributed by atoms with Gasteiger partial charge in [-0.2, -0.15) is 0 Å². The van der Waals surface area contributed by atoms with E-state index in [1.165, 1.54) is 37.7 Å². The van der Waals surface area contributed by atoms with Gasteiger partial charge in [0, 0.05) is 38.9 Å². The van der Waals surface area contributed by atoms with Gasteiger partial charge in [-0.1, -0.05) is 67.8 Å². The Balaban J connectivity index is 1.23. The summed E-state index contributed by atoms with van der Waals surface area (Å²) in [5, 5.41) is 4.52. The molecule has 38 heavy (non-hydrogen) atoms. The van der Waals surface area contributed by atoms with Crippen LogP contribution in [0.3, 0.4) is 0 Å². The van der Waals surface area contributed by atoms with Gasteiger partial charge in [0.05, 0.1) is 5.69 Å². The molecule has 8 rings (SSSR count). The van der Waals surface area contributed by atoms with Crippen molar-refractivity contribution in [1.29, 1.82) is 0 Å². The molecule has 4 aromatic carbocycles.